The molecule has 0 saturated heterocycles. The van der Waals surface area contributed by atoms with Gasteiger partial charge in [-0.05, 0) is 11.6 Å². The molecule has 0 aromatic heterocycles. The Hall–Kier alpha value is -1.92. The van der Waals surface area contributed by atoms with Crippen molar-refractivity contribution in [2.24, 2.45) is 0 Å². The fourth-order valence-electron chi connectivity index (χ4n) is 1.30. The molecule has 0 aliphatic heterocycles. The van der Waals surface area contributed by atoms with E-state index >= 15 is 0 Å². The summed E-state index contributed by atoms with van der Waals surface area (Å²) >= 11 is 0. The van der Waals surface area contributed by atoms with Crippen LogP contribution in [0.15, 0.2) is 12.1 Å². The quantitative estimate of drug-likeness (QED) is 0.798. The second-order valence-electron chi connectivity index (χ2n) is 3.46. The van der Waals surface area contributed by atoms with Gasteiger partial charge in [0.2, 0.25) is 5.91 Å². The van der Waals surface area contributed by atoms with Gasteiger partial charge in [-0.1, -0.05) is 13.0 Å². The standard InChI is InChI=1S/C11H13F3N2O2/c1-2-8(17)16-5-6-3-4-7(12)10(9(6)15)18-11(13)14/h3-4,11H,2,5,15H2,1H3,(H,16,17). The average Bonchev–Trinajstić information content (AvgIpc) is 2.32. The number of carbonyl (C=O) groups is 1. The fraction of sp³-hybridized carbons (Fsp3) is 0.364. The number of hydrogen-bond donors (Lipinski definition) is 2. The van der Waals surface area contributed by atoms with Gasteiger partial charge < -0.3 is 15.8 Å². The molecule has 100 valence electrons. The summed E-state index contributed by atoms with van der Waals surface area (Å²) in [4.78, 5) is 11.0. The highest BCUT2D eigenvalue weighted by molar-refractivity contribution is 5.75. The van der Waals surface area contributed by atoms with E-state index in [1.54, 1.807) is 6.92 Å². The van der Waals surface area contributed by atoms with Gasteiger partial charge in [0.15, 0.2) is 11.6 Å². The van der Waals surface area contributed by atoms with E-state index in [-0.39, 0.29) is 24.6 Å². The van der Waals surface area contributed by atoms with E-state index in [4.69, 9.17) is 5.73 Å². The summed E-state index contributed by atoms with van der Waals surface area (Å²) in [7, 11) is 0. The number of carbonyl (C=O) groups excluding carboxylic acids is 1. The largest absolute Gasteiger partial charge is 0.429 e. The van der Waals surface area contributed by atoms with Crippen LogP contribution in [0.4, 0.5) is 18.9 Å². The third-order valence-electron chi connectivity index (χ3n) is 2.24. The van der Waals surface area contributed by atoms with E-state index in [9.17, 15) is 18.0 Å². The van der Waals surface area contributed by atoms with Gasteiger partial charge >= 0.3 is 6.61 Å². The minimum absolute atomic E-state index is 0.0262. The number of rotatable bonds is 5. The van der Waals surface area contributed by atoms with Gasteiger partial charge in [-0.2, -0.15) is 8.78 Å². The molecule has 0 bridgehead atoms. The molecule has 4 nitrogen and oxygen atoms in total. The van der Waals surface area contributed by atoms with Gasteiger partial charge in [-0.15, -0.1) is 0 Å². The minimum Gasteiger partial charge on any atom is -0.429 e. The monoisotopic (exact) mass is 262 g/mol. The third kappa shape index (κ3) is 3.54. The summed E-state index contributed by atoms with van der Waals surface area (Å²) in [5, 5.41) is 2.51. The maximum atomic E-state index is 13.2. The highest BCUT2D eigenvalue weighted by Crippen LogP contribution is 2.30. The lowest BCUT2D eigenvalue weighted by molar-refractivity contribution is -0.120. The molecule has 0 radical (unpaired) electrons. The zero-order valence-corrected chi connectivity index (χ0v) is 9.67. The van der Waals surface area contributed by atoms with Crippen molar-refractivity contribution in [3.8, 4) is 5.75 Å². The minimum atomic E-state index is -3.16. The van der Waals surface area contributed by atoms with Gasteiger partial charge in [-0.25, -0.2) is 4.39 Å². The molecule has 1 aromatic rings. The Balaban J connectivity index is 2.90. The summed E-state index contributed by atoms with van der Waals surface area (Å²) < 4.78 is 41.4. The highest BCUT2D eigenvalue weighted by Gasteiger charge is 2.16. The van der Waals surface area contributed by atoms with Gasteiger partial charge in [-0.3, -0.25) is 4.79 Å². The first kappa shape index (κ1) is 14.1. The molecule has 18 heavy (non-hydrogen) atoms. The van der Waals surface area contributed by atoms with Crippen LogP contribution in [0.5, 0.6) is 5.75 Å². The molecule has 0 fully saturated rings. The van der Waals surface area contributed by atoms with Crippen molar-refractivity contribution in [3.05, 3.63) is 23.5 Å². The van der Waals surface area contributed by atoms with E-state index in [2.05, 4.69) is 10.1 Å². The summed E-state index contributed by atoms with van der Waals surface area (Å²) in [6.07, 6.45) is 0.279. The molecule has 0 atom stereocenters. The number of amides is 1. The number of nitrogens with two attached hydrogens (primary N) is 1. The normalized spacial score (nSPS) is 10.5. The van der Waals surface area contributed by atoms with Gasteiger partial charge in [0.25, 0.3) is 0 Å². The van der Waals surface area contributed by atoms with Crippen LogP contribution in [0.25, 0.3) is 0 Å². The summed E-state index contributed by atoms with van der Waals surface area (Å²) in [6.45, 7) is -1.48. The Kier molecular flexibility index (Phi) is 4.82. The summed E-state index contributed by atoms with van der Waals surface area (Å²) in [6, 6.07) is 2.26. The molecule has 3 N–H and O–H groups in total. The number of nitrogens with one attached hydrogen (secondary N) is 1. The molecule has 1 rings (SSSR count). The first-order valence-electron chi connectivity index (χ1n) is 5.24. The SMILES string of the molecule is CCC(=O)NCc1ccc(F)c(OC(F)F)c1N. The van der Waals surface area contributed by atoms with Gasteiger partial charge in [0.1, 0.15) is 0 Å². The molecule has 0 aliphatic rings. The van der Waals surface area contributed by atoms with Crippen molar-refractivity contribution in [1.82, 2.24) is 5.32 Å². The van der Waals surface area contributed by atoms with Gasteiger partial charge in [0.05, 0.1) is 5.69 Å². The average molecular weight is 262 g/mol. The van der Waals surface area contributed by atoms with Crippen LogP contribution in [0, 0.1) is 5.82 Å². The lowest BCUT2D eigenvalue weighted by atomic mass is 10.1. The molecule has 1 amide bonds. The number of halogens is 3. The molecule has 0 unspecified atom stereocenters. The number of ether oxygens (including phenoxy) is 1. The Morgan fingerprint density at radius 3 is 2.72 bits per heavy atom. The van der Waals surface area contributed by atoms with E-state index in [1.807, 2.05) is 0 Å². The lowest BCUT2D eigenvalue weighted by Crippen LogP contribution is -2.22. The van der Waals surface area contributed by atoms with E-state index < -0.39 is 18.2 Å². The molecule has 7 heteroatoms. The van der Waals surface area contributed by atoms with E-state index in [0.29, 0.717) is 5.56 Å². The Morgan fingerprint density at radius 2 is 2.17 bits per heavy atom. The maximum Gasteiger partial charge on any atom is 0.387 e. The van der Waals surface area contributed by atoms with Crippen molar-refractivity contribution in [1.29, 1.82) is 0 Å². The van der Waals surface area contributed by atoms with Crippen LogP contribution < -0.4 is 15.8 Å². The molecule has 0 saturated carbocycles. The second-order valence-corrected chi connectivity index (χ2v) is 3.46. The predicted octanol–water partition coefficient (Wildman–Crippen LogP) is 2.04. The first-order chi connectivity index (χ1) is 8.45. The topological polar surface area (TPSA) is 64.3 Å². The zero-order chi connectivity index (χ0) is 13.7. The molecular weight excluding hydrogens is 249 g/mol. The Bertz CT molecular complexity index is 439. The van der Waals surface area contributed by atoms with Crippen LogP contribution in [-0.2, 0) is 11.3 Å². The van der Waals surface area contributed by atoms with Crippen LogP contribution in [0.2, 0.25) is 0 Å². The summed E-state index contributed by atoms with van der Waals surface area (Å²) in [5.41, 5.74) is 5.58. The van der Waals surface area contributed by atoms with E-state index in [0.717, 1.165) is 6.07 Å². The first-order valence-corrected chi connectivity index (χ1v) is 5.24. The fourth-order valence-corrected chi connectivity index (χ4v) is 1.30. The smallest absolute Gasteiger partial charge is 0.387 e. The predicted molar refractivity (Wildman–Crippen MR) is 59.6 cm³/mol. The lowest BCUT2D eigenvalue weighted by Gasteiger charge is -2.13. The van der Waals surface area contributed by atoms with Crippen LogP contribution in [0.1, 0.15) is 18.9 Å². The van der Waals surface area contributed by atoms with Crippen molar-refractivity contribution in [2.45, 2.75) is 26.5 Å². The second kappa shape index (κ2) is 6.13. The van der Waals surface area contributed by atoms with Crippen molar-refractivity contribution < 1.29 is 22.7 Å². The Morgan fingerprint density at radius 1 is 1.50 bits per heavy atom. The number of benzene rings is 1. The van der Waals surface area contributed by atoms with Crippen molar-refractivity contribution in [2.75, 3.05) is 5.73 Å². The molecule has 1 aromatic carbocycles. The zero-order valence-electron chi connectivity index (χ0n) is 9.67. The molecular formula is C11H13F3N2O2. The highest BCUT2D eigenvalue weighted by atomic mass is 19.3. The molecule has 0 aliphatic carbocycles. The molecule has 0 spiro atoms. The third-order valence-corrected chi connectivity index (χ3v) is 2.24. The van der Waals surface area contributed by atoms with Crippen molar-refractivity contribution >= 4 is 11.6 Å². The van der Waals surface area contributed by atoms with Gasteiger partial charge in [0, 0.05) is 13.0 Å². The Labute approximate surface area is 102 Å². The van der Waals surface area contributed by atoms with E-state index in [1.165, 1.54) is 6.07 Å². The van der Waals surface area contributed by atoms with Crippen LogP contribution >= 0.6 is 0 Å². The number of alkyl halides is 2. The van der Waals surface area contributed by atoms with Crippen LogP contribution in [-0.4, -0.2) is 12.5 Å². The maximum absolute atomic E-state index is 13.2. The number of anilines is 1. The number of nitrogen functional groups attached to an aromatic ring is 1. The van der Waals surface area contributed by atoms with Crippen molar-refractivity contribution in [3.63, 3.8) is 0 Å². The summed E-state index contributed by atoms with van der Waals surface area (Å²) in [5.74, 6) is -1.90. The molecule has 0 heterocycles. The number of hydrogen-bond acceptors (Lipinski definition) is 3. The van der Waals surface area contributed by atoms with Crippen LogP contribution in [0.3, 0.4) is 0 Å².